The minimum absolute atomic E-state index is 0.207. The van der Waals surface area contributed by atoms with Gasteiger partial charge in [-0.05, 0) is 30.9 Å². The molecule has 3 nitrogen and oxygen atoms in total. The van der Waals surface area contributed by atoms with E-state index >= 15 is 0 Å². The summed E-state index contributed by atoms with van der Waals surface area (Å²) in [4.78, 5) is 14.1. The lowest BCUT2D eigenvalue weighted by Gasteiger charge is -2.45. The number of amides is 1. The van der Waals surface area contributed by atoms with Crippen molar-refractivity contribution >= 4 is 28.8 Å². The van der Waals surface area contributed by atoms with Crippen molar-refractivity contribution in [2.24, 2.45) is 17.1 Å². The van der Waals surface area contributed by atoms with Crippen molar-refractivity contribution < 1.29 is 9.18 Å². The molecule has 0 bridgehead atoms. The van der Waals surface area contributed by atoms with E-state index in [1.165, 1.54) is 11.0 Å². The fourth-order valence-electron chi connectivity index (χ4n) is 2.77. The molecule has 2 N–H and O–H groups in total. The fourth-order valence-corrected chi connectivity index (χ4v) is 3.02. The molecule has 19 heavy (non-hydrogen) atoms. The molecule has 1 aromatic rings. The number of para-hydroxylation sites is 1. The maximum atomic E-state index is 13.7. The van der Waals surface area contributed by atoms with Crippen LogP contribution in [0.5, 0.6) is 0 Å². The minimum Gasteiger partial charge on any atom is -0.392 e. The molecule has 1 saturated carbocycles. The maximum Gasteiger partial charge on any atom is 0.239 e. The van der Waals surface area contributed by atoms with Crippen molar-refractivity contribution in [2.45, 2.75) is 19.8 Å². The second-order valence-electron chi connectivity index (χ2n) is 5.28. The molecule has 2 rings (SSSR count). The Kier molecular flexibility index (Phi) is 3.58. The van der Waals surface area contributed by atoms with Crippen LogP contribution in [0.3, 0.4) is 0 Å². The molecule has 1 fully saturated rings. The third-order valence-electron chi connectivity index (χ3n) is 3.79. The molecule has 102 valence electrons. The maximum absolute atomic E-state index is 13.7. The Morgan fingerprint density at radius 2 is 2.05 bits per heavy atom. The first-order chi connectivity index (χ1) is 8.88. The van der Waals surface area contributed by atoms with Gasteiger partial charge in [-0.15, -0.1) is 0 Å². The summed E-state index contributed by atoms with van der Waals surface area (Å²) in [7, 11) is 1.56. The van der Waals surface area contributed by atoms with Crippen molar-refractivity contribution in [3.05, 3.63) is 30.1 Å². The van der Waals surface area contributed by atoms with Crippen LogP contribution in [0.4, 0.5) is 10.1 Å². The van der Waals surface area contributed by atoms with Gasteiger partial charge in [0.2, 0.25) is 5.91 Å². The molecule has 0 spiro atoms. The van der Waals surface area contributed by atoms with E-state index in [1.807, 2.05) is 6.92 Å². The van der Waals surface area contributed by atoms with E-state index in [1.54, 1.807) is 25.2 Å². The molecule has 0 heterocycles. The second-order valence-corrected chi connectivity index (χ2v) is 5.72. The monoisotopic (exact) mass is 280 g/mol. The summed E-state index contributed by atoms with van der Waals surface area (Å²) in [5.41, 5.74) is 5.19. The molecule has 1 aromatic carbocycles. The Labute approximate surface area is 117 Å². The largest absolute Gasteiger partial charge is 0.392 e. The first-order valence-electron chi connectivity index (χ1n) is 6.21. The third kappa shape index (κ3) is 2.23. The van der Waals surface area contributed by atoms with E-state index in [2.05, 4.69) is 0 Å². The molecule has 0 unspecified atom stereocenters. The zero-order chi connectivity index (χ0) is 14.2. The van der Waals surface area contributed by atoms with E-state index in [-0.39, 0.29) is 16.6 Å². The summed E-state index contributed by atoms with van der Waals surface area (Å²) in [6, 6.07) is 6.18. The van der Waals surface area contributed by atoms with Crippen molar-refractivity contribution in [3.63, 3.8) is 0 Å². The van der Waals surface area contributed by atoms with Gasteiger partial charge in [0.15, 0.2) is 0 Å². The number of hydrogen-bond acceptors (Lipinski definition) is 2. The van der Waals surface area contributed by atoms with Gasteiger partial charge in [0.1, 0.15) is 5.82 Å². The predicted molar refractivity (Wildman–Crippen MR) is 77.4 cm³/mol. The van der Waals surface area contributed by atoms with Crippen molar-refractivity contribution in [2.75, 3.05) is 11.9 Å². The molecule has 0 saturated heterocycles. The molecule has 0 aliphatic heterocycles. The number of carbonyl (C=O) groups excluding carboxylic acids is 1. The molecule has 5 heteroatoms. The van der Waals surface area contributed by atoms with Gasteiger partial charge in [-0.1, -0.05) is 31.3 Å². The number of nitrogens with zero attached hydrogens (tertiary/aromatic N) is 1. The molecule has 1 aliphatic carbocycles. The Morgan fingerprint density at radius 3 is 2.53 bits per heavy atom. The number of hydrogen-bond donors (Lipinski definition) is 1. The van der Waals surface area contributed by atoms with Gasteiger partial charge >= 0.3 is 0 Å². The third-order valence-corrected chi connectivity index (χ3v) is 4.18. The molecule has 0 aromatic heterocycles. The van der Waals surface area contributed by atoms with Crippen LogP contribution in [0.15, 0.2) is 24.3 Å². The van der Waals surface area contributed by atoms with E-state index in [9.17, 15) is 9.18 Å². The fraction of sp³-hybridized carbons (Fsp3) is 0.429. The van der Waals surface area contributed by atoms with E-state index in [0.29, 0.717) is 18.8 Å². The van der Waals surface area contributed by atoms with Gasteiger partial charge < -0.3 is 10.6 Å². The van der Waals surface area contributed by atoms with E-state index < -0.39 is 11.2 Å². The molecule has 0 atom stereocenters. The van der Waals surface area contributed by atoms with Crippen LogP contribution in [-0.4, -0.2) is 17.9 Å². The van der Waals surface area contributed by atoms with E-state index in [0.717, 1.165) is 0 Å². The van der Waals surface area contributed by atoms with Crippen molar-refractivity contribution in [3.8, 4) is 0 Å². The molecule has 1 amide bonds. The number of anilines is 1. The van der Waals surface area contributed by atoms with Crippen LogP contribution in [0, 0.1) is 17.2 Å². The topological polar surface area (TPSA) is 46.3 Å². The smallest absolute Gasteiger partial charge is 0.239 e. The minimum atomic E-state index is -0.800. The van der Waals surface area contributed by atoms with Crippen molar-refractivity contribution in [1.82, 2.24) is 0 Å². The highest BCUT2D eigenvalue weighted by atomic mass is 32.1. The number of halogens is 1. The van der Waals surface area contributed by atoms with Crippen LogP contribution < -0.4 is 10.6 Å². The van der Waals surface area contributed by atoms with Gasteiger partial charge in [0, 0.05) is 7.05 Å². The Bertz CT molecular complexity index is 526. The normalized spacial score (nSPS) is 25.5. The lowest BCUT2D eigenvalue weighted by Crippen LogP contribution is -2.56. The number of benzene rings is 1. The summed E-state index contributed by atoms with van der Waals surface area (Å²) >= 11 is 5.05. The average molecular weight is 280 g/mol. The van der Waals surface area contributed by atoms with Crippen LogP contribution in [-0.2, 0) is 4.79 Å². The highest BCUT2D eigenvalue weighted by molar-refractivity contribution is 7.80. The summed E-state index contributed by atoms with van der Waals surface area (Å²) in [6.07, 6.45) is 1.28. The Hall–Kier alpha value is -1.49. The first kappa shape index (κ1) is 13.9. The van der Waals surface area contributed by atoms with Crippen molar-refractivity contribution in [1.29, 1.82) is 0 Å². The standard InChI is InChI=1S/C14H17FN2OS/c1-9-7-14(8-9,12(16)19)13(18)17(2)11-6-4-3-5-10(11)15/h3-6,9H,7-8H2,1-2H3,(H2,16,19). The molecule has 1 aliphatic rings. The number of carbonyl (C=O) groups is 1. The number of nitrogens with two attached hydrogens (primary N) is 1. The number of rotatable bonds is 3. The zero-order valence-electron chi connectivity index (χ0n) is 11.0. The lowest BCUT2D eigenvalue weighted by atomic mass is 9.61. The van der Waals surface area contributed by atoms with Gasteiger partial charge in [0.05, 0.1) is 16.1 Å². The first-order valence-corrected chi connectivity index (χ1v) is 6.62. The van der Waals surface area contributed by atoms with Crippen LogP contribution in [0.25, 0.3) is 0 Å². The molecular formula is C14H17FN2OS. The predicted octanol–water partition coefficient (Wildman–Crippen LogP) is 2.49. The van der Waals surface area contributed by atoms with E-state index in [4.69, 9.17) is 18.0 Å². The van der Waals surface area contributed by atoms with Crippen LogP contribution in [0.1, 0.15) is 19.8 Å². The lowest BCUT2D eigenvalue weighted by molar-refractivity contribution is -0.129. The average Bonchev–Trinajstić information content (AvgIpc) is 2.33. The Balaban J connectivity index is 2.29. The molecular weight excluding hydrogens is 263 g/mol. The summed E-state index contributed by atoms with van der Waals surface area (Å²) in [5.74, 6) is -0.230. The quantitative estimate of drug-likeness (QED) is 0.865. The summed E-state index contributed by atoms with van der Waals surface area (Å²) in [5, 5.41) is 0. The van der Waals surface area contributed by atoms with Gasteiger partial charge in [-0.25, -0.2) is 4.39 Å². The highest BCUT2D eigenvalue weighted by Gasteiger charge is 2.52. The van der Waals surface area contributed by atoms with Crippen LogP contribution >= 0.6 is 12.2 Å². The zero-order valence-corrected chi connectivity index (χ0v) is 11.8. The number of thiocarbonyl (C=S) groups is 1. The summed E-state index contributed by atoms with van der Waals surface area (Å²) < 4.78 is 13.7. The SMILES string of the molecule is CC1CC(C(=O)N(C)c2ccccc2F)(C(N)=S)C1. The molecule has 0 radical (unpaired) electrons. The van der Waals surface area contributed by atoms with Gasteiger partial charge in [-0.3, -0.25) is 4.79 Å². The Morgan fingerprint density at radius 1 is 1.47 bits per heavy atom. The second kappa shape index (κ2) is 4.89. The van der Waals surface area contributed by atoms with Crippen LogP contribution in [0.2, 0.25) is 0 Å². The summed E-state index contributed by atoms with van der Waals surface area (Å²) in [6.45, 7) is 2.05. The van der Waals surface area contributed by atoms with Gasteiger partial charge in [-0.2, -0.15) is 0 Å². The van der Waals surface area contributed by atoms with Gasteiger partial charge in [0.25, 0.3) is 0 Å². The highest BCUT2D eigenvalue weighted by Crippen LogP contribution is 2.47.